The predicted octanol–water partition coefficient (Wildman–Crippen LogP) is 0.0743. The molecule has 2 aromatic rings. The van der Waals surface area contributed by atoms with Crippen LogP contribution in [0.15, 0.2) is 30.5 Å². The van der Waals surface area contributed by atoms with Crippen molar-refractivity contribution < 1.29 is 30.3 Å². The van der Waals surface area contributed by atoms with Crippen LogP contribution in [0.2, 0.25) is 0 Å². The number of aromatic amines is 1. The maximum atomic E-state index is 11.1. The number of ether oxygens (including phenoxy) is 1. The molecule has 23 heavy (non-hydrogen) atoms. The Morgan fingerprint density at radius 1 is 1.26 bits per heavy atom. The average Bonchev–Trinajstić information content (AvgIpc) is 2.95. The van der Waals surface area contributed by atoms with E-state index in [0.29, 0.717) is 10.9 Å². The lowest BCUT2D eigenvalue weighted by atomic mass is 9.78. The van der Waals surface area contributed by atoms with Crippen LogP contribution in [-0.4, -0.2) is 59.1 Å². The van der Waals surface area contributed by atoms with Crippen LogP contribution in [-0.2, 0) is 10.3 Å². The van der Waals surface area contributed by atoms with Crippen LogP contribution >= 0.6 is 27.5 Å². The van der Waals surface area contributed by atoms with Crippen molar-refractivity contribution in [2.75, 3.05) is 0 Å². The molecule has 1 fully saturated rings. The van der Waals surface area contributed by atoms with Gasteiger partial charge in [-0.05, 0) is 22.0 Å². The van der Waals surface area contributed by atoms with Crippen LogP contribution in [0, 0.1) is 0 Å². The Morgan fingerprint density at radius 2 is 1.91 bits per heavy atom. The maximum Gasteiger partial charge on any atom is 0.194 e. The van der Waals surface area contributed by atoms with E-state index < -0.39 is 34.2 Å². The topological polar surface area (TPSA) is 126 Å². The number of H-pyrrole nitrogens is 1. The lowest BCUT2D eigenvalue weighted by molar-refractivity contribution is -0.337. The van der Waals surface area contributed by atoms with E-state index in [-0.39, 0.29) is 5.56 Å². The summed E-state index contributed by atoms with van der Waals surface area (Å²) in [6.07, 6.45) is -4.26. The number of hydrogen-bond donors (Lipinski definition) is 6. The van der Waals surface area contributed by atoms with Crippen molar-refractivity contribution in [2.45, 2.75) is 34.2 Å². The normalized spacial score (nSPS) is 39.5. The zero-order chi connectivity index (χ0) is 17.0. The number of rotatable bonds is 2. The standard InChI is InChI=1S/C14H15BrClNO6/c15-14(12(16)21)11(20)13(22,9(18)10(19)23-14)7-5-17-8-4-2-1-3-6(7)8/h1-5,9-12,17-22H/t9-,10+,11-,12?,13+,14-/m0/s1. The van der Waals surface area contributed by atoms with Crippen molar-refractivity contribution in [1.82, 2.24) is 4.98 Å². The fraction of sp³-hybridized carbons (Fsp3) is 0.429. The number of nitrogens with one attached hydrogen (secondary N) is 1. The second-order valence-corrected chi connectivity index (χ2v) is 7.12. The van der Waals surface area contributed by atoms with Crippen LogP contribution in [0.5, 0.6) is 0 Å². The summed E-state index contributed by atoms with van der Waals surface area (Å²) in [6, 6.07) is 6.91. The lowest BCUT2D eigenvalue weighted by Gasteiger charge is -2.51. The first-order valence-corrected chi connectivity index (χ1v) is 7.98. The molecule has 6 atom stereocenters. The van der Waals surface area contributed by atoms with E-state index in [0.717, 1.165) is 0 Å². The van der Waals surface area contributed by atoms with Gasteiger partial charge in [0.1, 0.15) is 12.2 Å². The molecule has 0 aliphatic carbocycles. The van der Waals surface area contributed by atoms with Gasteiger partial charge in [0.2, 0.25) is 0 Å². The second kappa shape index (κ2) is 5.68. The third kappa shape index (κ3) is 2.33. The number of aliphatic hydroxyl groups excluding tert-OH is 4. The molecule has 1 aliphatic heterocycles. The average molecular weight is 409 g/mol. The molecule has 0 amide bonds. The highest BCUT2D eigenvalue weighted by Crippen LogP contribution is 2.48. The van der Waals surface area contributed by atoms with Crippen molar-refractivity contribution in [3.63, 3.8) is 0 Å². The molecular weight excluding hydrogens is 394 g/mol. The SMILES string of the molecule is OC(Cl)[C@@]1(Br)O[C@@H](O)[C@H](O)[C@](O)(c2c[nH]c3ccccc23)[C@@H]1O. The molecule has 126 valence electrons. The Hall–Kier alpha value is -0.710. The van der Waals surface area contributed by atoms with Crippen molar-refractivity contribution in [1.29, 1.82) is 0 Å². The summed E-state index contributed by atoms with van der Waals surface area (Å²) in [5, 5.41) is 52.1. The Balaban J connectivity index is 2.20. The summed E-state index contributed by atoms with van der Waals surface area (Å²) in [4.78, 5) is 2.91. The fourth-order valence-electron chi connectivity index (χ4n) is 2.89. The lowest BCUT2D eigenvalue weighted by Crippen LogP contribution is -2.70. The molecule has 2 heterocycles. The molecule has 0 spiro atoms. The third-order valence-corrected chi connectivity index (χ3v) is 5.80. The number of benzene rings is 1. The van der Waals surface area contributed by atoms with Gasteiger partial charge in [-0.3, -0.25) is 0 Å². The minimum absolute atomic E-state index is 0.136. The van der Waals surface area contributed by atoms with Gasteiger partial charge in [0.05, 0.1) is 0 Å². The summed E-state index contributed by atoms with van der Waals surface area (Å²) >= 11 is 8.55. The molecule has 0 saturated carbocycles. The summed E-state index contributed by atoms with van der Waals surface area (Å²) < 4.78 is 2.90. The molecule has 1 unspecified atom stereocenters. The first-order valence-electron chi connectivity index (χ1n) is 6.75. The number of aliphatic hydroxyl groups is 5. The number of para-hydroxylation sites is 1. The summed E-state index contributed by atoms with van der Waals surface area (Å²) in [5.74, 6) is 0. The molecule has 1 aromatic carbocycles. The predicted molar refractivity (Wildman–Crippen MR) is 84.8 cm³/mol. The van der Waals surface area contributed by atoms with Gasteiger partial charge in [0.25, 0.3) is 0 Å². The second-order valence-electron chi connectivity index (χ2n) is 5.46. The molecule has 1 aliphatic rings. The Morgan fingerprint density at radius 3 is 2.57 bits per heavy atom. The summed E-state index contributed by atoms with van der Waals surface area (Å²) in [7, 11) is 0. The highest BCUT2D eigenvalue weighted by Gasteiger charge is 2.64. The highest BCUT2D eigenvalue weighted by atomic mass is 79.9. The maximum absolute atomic E-state index is 11.1. The van der Waals surface area contributed by atoms with E-state index in [1.165, 1.54) is 6.20 Å². The van der Waals surface area contributed by atoms with E-state index in [1.54, 1.807) is 24.3 Å². The number of halogens is 2. The number of hydrogen-bond acceptors (Lipinski definition) is 6. The van der Waals surface area contributed by atoms with Gasteiger partial charge in [-0.2, -0.15) is 0 Å². The van der Waals surface area contributed by atoms with Crippen LogP contribution in [0.1, 0.15) is 5.56 Å². The van der Waals surface area contributed by atoms with Gasteiger partial charge in [-0.15, -0.1) is 0 Å². The van der Waals surface area contributed by atoms with Crippen LogP contribution in [0.4, 0.5) is 0 Å². The van der Waals surface area contributed by atoms with Crippen LogP contribution < -0.4 is 0 Å². The van der Waals surface area contributed by atoms with E-state index in [4.69, 9.17) is 16.3 Å². The Bertz CT molecular complexity index is 726. The van der Waals surface area contributed by atoms with Gasteiger partial charge in [-0.25, -0.2) is 0 Å². The van der Waals surface area contributed by atoms with E-state index >= 15 is 0 Å². The summed E-state index contributed by atoms with van der Waals surface area (Å²) in [5.41, 5.74) is -3.37. The minimum atomic E-state index is -2.35. The van der Waals surface area contributed by atoms with Crippen molar-refractivity contribution >= 4 is 38.4 Å². The van der Waals surface area contributed by atoms with Crippen molar-refractivity contribution in [2.24, 2.45) is 0 Å². The molecule has 7 nitrogen and oxygen atoms in total. The monoisotopic (exact) mass is 407 g/mol. The molecule has 0 bridgehead atoms. The summed E-state index contributed by atoms with van der Waals surface area (Å²) in [6.45, 7) is 0. The molecule has 3 rings (SSSR count). The van der Waals surface area contributed by atoms with Crippen molar-refractivity contribution in [3.8, 4) is 0 Å². The minimum Gasteiger partial charge on any atom is -0.385 e. The van der Waals surface area contributed by atoms with Gasteiger partial charge >= 0.3 is 0 Å². The highest BCUT2D eigenvalue weighted by molar-refractivity contribution is 9.10. The third-order valence-electron chi connectivity index (χ3n) is 4.16. The zero-order valence-electron chi connectivity index (χ0n) is 11.6. The quantitative estimate of drug-likeness (QED) is 0.391. The van der Waals surface area contributed by atoms with Gasteiger partial charge in [0, 0.05) is 22.7 Å². The molecule has 0 radical (unpaired) electrons. The smallest absolute Gasteiger partial charge is 0.194 e. The van der Waals surface area contributed by atoms with Crippen molar-refractivity contribution in [3.05, 3.63) is 36.0 Å². The Labute approximate surface area is 144 Å². The van der Waals surface area contributed by atoms with Gasteiger partial charge < -0.3 is 35.3 Å². The first-order chi connectivity index (χ1) is 10.7. The van der Waals surface area contributed by atoms with E-state index in [2.05, 4.69) is 20.9 Å². The molecule has 1 aromatic heterocycles. The largest absolute Gasteiger partial charge is 0.385 e. The fourth-order valence-corrected chi connectivity index (χ4v) is 3.60. The van der Waals surface area contributed by atoms with Crippen LogP contribution in [0.25, 0.3) is 10.9 Å². The first kappa shape index (κ1) is 17.1. The number of fused-ring (bicyclic) bond motifs is 1. The van der Waals surface area contributed by atoms with Gasteiger partial charge in [-0.1, -0.05) is 29.8 Å². The van der Waals surface area contributed by atoms with E-state index in [1.807, 2.05) is 0 Å². The Kier molecular flexibility index (Phi) is 4.23. The van der Waals surface area contributed by atoms with Crippen LogP contribution in [0.3, 0.4) is 0 Å². The molecule has 6 N–H and O–H groups in total. The zero-order valence-corrected chi connectivity index (χ0v) is 13.9. The van der Waals surface area contributed by atoms with E-state index in [9.17, 15) is 25.5 Å². The molecule has 1 saturated heterocycles. The molecular formula is C14H15BrClNO6. The number of aromatic nitrogens is 1. The van der Waals surface area contributed by atoms with Gasteiger partial charge in [0.15, 0.2) is 22.0 Å². The number of alkyl halides is 2. The molecule has 9 heteroatoms.